The molecule has 8 nitrogen and oxygen atoms in total. The van der Waals surface area contributed by atoms with Gasteiger partial charge >= 0.3 is 0 Å². The van der Waals surface area contributed by atoms with Crippen LogP contribution < -0.4 is 21.7 Å². The topological polar surface area (TPSA) is 128 Å². The van der Waals surface area contributed by atoms with Crippen molar-refractivity contribution in [3.05, 3.63) is 112 Å². The number of nitrogens with zero attached hydrogens (tertiary/aromatic N) is 2. The summed E-state index contributed by atoms with van der Waals surface area (Å²) in [7, 11) is 0. The van der Waals surface area contributed by atoms with Gasteiger partial charge in [0.1, 0.15) is 5.69 Å². The van der Waals surface area contributed by atoms with E-state index >= 15 is 0 Å². The van der Waals surface area contributed by atoms with Crippen LogP contribution in [0.3, 0.4) is 0 Å². The fraction of sp³-hybridized carbons (Fsp3) is 0.0714. The Bertz CT molecular complexity index is 1490. The number of benzene rings is 4. The van der Waals surface area contributed by atoms with Crippen LogP contribution >= 0.6 is 12.2 Å². The number of nitro groups is 1. The Morgan fingerprint density at radius 3 is 2.32 bits per heavy atom. The van der Waals surface area contributed by atoms with Gasteiger partial charge < -0.3 is 16.8 Å². The molecule has 0 fully saturated rings. The first-order valence-corrected chi connectivity index (χ1v) is 11.8. The van der Waals surface area contributed by atoms with Crippen molar-refractivity contribution in [3.63, 3.8) is 0 Å². The van der Waals surface area contributed by atoms with Crippen LogP contribution in [0, 0.1) is 17.0 Å². The van der Waals surface area contributed by atoms with Gasteiger partial charge in [-0.25, -0.2) is 0 Å². The van der Waals surface area contributed by atoms with Crippen LogP contribution in [-0.2, 0) is 11.2 Å². The SMILES string of the molecule is Cc1cc(N(C(=S)Nc2ccccc2[N+](=O)[O-])c2ccccc2CC(N)=O)c(N)cc1-c1ccccc1. The summed E-state index contributed by atoms with van der Waals surface area (Å²) >= 11 is 5.79. The number of thiocarbonyl (C=S) groups is 1. The maximum atomic E-state index is 11.8. The van der Waals surface area contributed by atoms with E-state index in [0.717, 1.165) is 16.7 Å². The highest BCUT2D eigenvalue weighted by molar-refractivity contribution is 7.80. The number of hydrogen-bond donors (Lipinski definition) is 3. The summed E-state index contributed by atoms with van der Waals surface area (Å²) in [5, 5.41) is 14.7. The van der Waals surface area contributed by atoms with E-state index in [1.54, 1.807) is 41.3 Å². The molecular weight excluding hydrogens is 486 g/mol. The summed E-state index contributed by atoms with van der Waals surface area (Å²) in [5.41, 5.74) is 17.3. The lowest BCUT2D eigenvalue weighted by molar-refractivity contribution is -0.383. The Hall–Kier alpha value is -4.76. The van der Waals surface area contributed by atoms with Gasteiger partial charge in [0, 0.05) is 6.07 Å². The number of nitro benzene ring substituents is 1. The normalized spacial score (nSPS) is 10.5. The minimum Gasteiger partial charge on any atom is -0.397 e. The monoisotopic (exact) mass is 511 g/mol. The van der Waals surface area contributed by atoms with Crippen LogP contribution in [0.15, 0.2) is 91.0 Å². The Morgan fingerprint density at radius 1 is 0.973 bits per heavy atom. The number of para-hydroxylation sites is 3. The second kappa shape index (κ2) is 10.9. The molecule has 0 radical (unpaired) electrons. The van der Waals surface area contributed by atoms with Gasteiger partial charge in [-0.2, -0.15) is 0 Å². The Labute approximate surface area is 219 Å². The third-order valence-electron chi connectivity index (χ3n) is 5.84. The van der Waals surface area contributed by atoms with Gasteiger partial charge in [0.05, 0.1) is 28.4 Å². The van der Waals surface area contributed by atoms with Crippen LogP contribution in [-0.4, -0.2) is 15.9 Å². The van der Waals surface area contributed by atoms with Crippen molar-refractivity contribution in [2.24, 2.45) is 5.73 Å². The van der Waals surface area contributed by atoms with Crippen molar-refractivity contribution in [3.8, 4) is 11.1 Å². The summed E-state index contributed by atoms with van der Waals surface area (Å²) in [5.74, 6) is -0.506. The number of nitrogens with one attached hydrogen (secondary N) is 1. The van der Waals surface area contributed by atoms with Gasteiger partial charge in [-0.1, -0.05) is 60.7 Å². The predicted octanol–water partition coefficient (Wildman–Crippen LogP) is 5.72. The number of rotatable bonds is 7. The predicted molar refractivity (Wildman–Crippen MR) is 152 cm³/mol. The van der Waals surface area contributed by atoms with Crippen molar-refractivity contribution < 1.29 is 9.72 Å². The minimum atomic E-state index is -0.506. The number of anilines is 4. The number of amides is 1. The fourth-order valence-electron chi connectivity index (χ4n) is 4.16. The van der Waals surface area contributed by atoms with Crippen LogP contribution in [0.25, 0.3) is 11.1 Å². The summed E-state index contributed by atoms with van der Waals surface area (Å²) in [6, 6.07) is 27.0. The molecule has 0 unspecified atom stereocenters. The molecule has 0 aromatic heterocycles. The Kier molecular flexibility index (Phi) is 7.45. The van der Waals surface area contributed by atoms with Gasteiger partial charge in [0.2, 0.25) is 5.91 Å². The molecule has 0 atom stereocenters. The Morgan fingerprint density at radius 2 is 1.62 bits per heavy atom. The molecule has 4 aromatic rings. The van der Waals surface area contributed by atoms with Crippen LogP contribution in [0.1, 0.15) is 11.1 Å². The molecular formula is C28H25N5O3S. The lowest BCUT2D eigenvalue weighted by atomic mass is 9.98. The summed E-state index contributed by atoms with van der Waals surface area (Å²) in [6.07, 6.45) is -0.0260. The zero-order valence-electron chi connectivity index (χ0n) is 20.0. The third kappa shape index (κ3) is 5.57. The number of carbonyl (C=O) groups excluding carboxylic acids is 1. The van der Waals surface area contributed by atoms with Gasteiger partial charge in [0.15, 0.2) is 5.11 Å². The molecule has 0 saturated carbocycles. The van der Waals surface area contributed by atoms with Crippen molar-refractivity contribution in [1.82, 2.24) is 0 Å². The summed E-state index contributed by atoms with van der Waals surface area (Å²) < 4.78 is 0. The minimum absolute atomic E-state index is 0.0260. The molecule has 186 valence electrons. The fourth-order valence-corrected chi connectivity index (χ4v) is 4.46. The molecule has 0 saturated heterocycles. The van der Waals surface area contributed by atoms with Crippen LogP contribution in [0.2, 0.25) is 0 Å². The van der Waals surface area contributed by atoms with E-state index in [4.69, 9.17) is 23.7 Å². The number of carbonyl (C=O) groups is 1. The molecule has 0 bridgehead atoms. The smallest absolute Gasteiger partial charge is 0.292 e. The second-order valence-electron chi connectivity index (χ2n) is 8.40. The van der Waals surface area contributed by atoms with E-state index in [0.29, 0.717) is 22.6 Å². The van der Waals surface area contributed by atoms with Crippen molar-refractivity contribution in [1.29, 1.82) is 0 Å². The van der Waals surface area contributed by atoms with E-state index in [1.165, 1.54) is 6.07 Å². The molecule has 0 heterocycles. The summed E-state index contributed by atoms with van der Waals surface area (Å²) in [4.78, 5) is 24.6. The molecule has 5 N–H and O–H groups in total. The molecule has 4 rings (SSSR count). The highest BCUT2D eigenvalue weighted by atomic mass is 32.1. The zero-order valence-corrected chi connectivity index (χ0v) is 20.9. The average molecular weight is 512 g/mol. The van der Waals surface area contributed by atoms with Gasteiger partial charge in [-0.05, 0) is 65.7 Å². The maximum absolute atomic E-state index is 11.8. The average Bonchev–Trinajstić information content (AvgIpc) is 2.87. The zero-order chi connectivity index (χ0) is 26.5. The molecule has 0 aliphatic heterocycles. The van der Waals surface area contributed by atoms with E-state index in [1.807, 2.05) is 55.5 Å². The standard InChI is InChI=1S/C28H25N5O3S/c1-18-15-26(22(29)17-21(18)19-9-3-2-4-10-19)32(24-13-7-5-11-20(24)16-27(30)34)28(37)31-23-12-6-8-14-25(23)33(35)36/h2-15,17H,16,29H2,1H3,(H2,30,34)(H,31,37). The van der Waals surface area contributed by atoms with Crippen molar-refractivity contribution >= 4 is 51.7 Å². The van der Waals surface area contributed by atoms with Gasteiger partial charge in [0.25, 0.3) is 5.69 Å². The lowest BCUT2D eigenvalue weighted by Crippen LogP contribution is -2.32. The Balaban J connectivity index is 1.87. The highest BCUT2D eigenvalue weighted by Gasteiger charge is 2.24. The maximum Gasteiger partial charge on any atom is 0.292 e. The van der Waals surface area contributed by atoms with Gasteiger partial charge in [-0.3, -0.25) is 19.8 Å². The van der Waals surface area contributed by atoms with Crippen LogP contribution in [0.5, 0.6) is 0 Å². The lowest BCUT2D eigenvalue weighted by Gasteiger charge is -2.30. The first-order valence-electron chi connectivity index (χ1n) is 11.4. The number of nitrogens with two attached hydrogens (primary N) is 2. The van der Waals surface area contributed by atoms with Crippen LogP contribution in [0.4, 0.5) is 28.4 Å². The first-order chi connectivity index (χ1) is 17.8. The van der Waals surface area contributed by atoms with E-state index in [-0.39, 0.29) is 22.9 Å². The highest BCUT2D eigenvalue weighted by Crippen LogP contribution is 2.38. The molecule has 4 aromatic carbocycles. The van der Waals surface area contributed by atoms with E-state index < -0.39 is 10.8 Å². The van der Waals surface area contributed by atoms with E-state index in [9.17, 15) is 14.9 Å². The van der Waals surface area contributed by atoms with E-state index in [2.05, 4.69) is 5.32 Å². The molecule has 0 aliphatic rings. The molecule has 1 amide bonds. The van der Waals surface area contributed by atoms with Crippen molar-refractivity contribution in [2.45, 2.75) is 13.3 Å². The quantitative estimate of drug-likeness (QED) is 0.125. The number of hydrogen-bond acceptors (Lipinski definition) is 5. The van der Waals surface area contributed by atoms with Crippen molar-refractivity contribution in [2.75, 3.05) is 16.0 Å². The first kappa shape index (κ1) is 25.3. The summed E-state index contributed by atoms with van der Waals surface area (Å²) in [6.45, 7) is 1.97. The molecule has 0 aliphatic carbocycles. The third-order valence-corrected chi connectivity index (χ3v) is 6.13. The number of aryl methyl sites for hydroxylation is 1. The largest absolute Gasteiger partial charge is 0.397 e. The molecule has 0 spiro atoms. The number of primary amides is 1. The second-order valence-corrected chi connectivity index (χ2v) is 8.79. The molecule has 9 heteroatoms. The number of nitrogen functional groups attached to an aromatic ring is 1. The molecule has 37 heavy (non-hydrogen) atoms. The van der Waals surface area contributed by atoms with Gasteiger partial charge in [-0.15, -0.1) is 0 Å².